The van der Waals surface area contributed by atoms with Gasteiger partial charge in [0.1, 0.15) is 29.3 Å². The van der Waals surface area contributed by atoms with Crippen molar-refractivity contribution in [2.45, 2.75) is 24.9 Å². The molecule has 3 fully saturated rings. The predicted octanol–water partition coefficient (Wildman–Crippen LogP) is 4.50. The van der Waals surface area contributed by atoms with Crippen LogP contribution in [0.1, 0.15) is 28.8 Å². The molecule has 4 unspecified atom stereocenters. The number of H-pyrrole nitrogens is 1. The summed E-state index contributed by atoms with van der Waals surface area (Å²) in [6.45, 7) is 2.03. The monoisotopic (exact) mass is 503 g/mol. The Bertz CT molecular complexity index is 1410. The average molecular weight is 504 g/mol. The van der Waals surface area contributed by atoms with E-state index in [0.717, 1.165) is 25.9 Å². The van der Waals surface area contributed by atoms with E-state index >= 15 is 0 Å². The number of halogens is 1. The van der Waals surface area contributed by atoms with Gasteiger partial charge < -0.3 is 20.1 Å². The fourth-order valence-electron chi connectivity index (χ4n) is 5.43. The van der Waals surface area contributed by atoms with Gasteiger partial charge in [0.05, 0.1) is 22.6 Å². The number of para-hydroxylation sites is 1. The molecule has 0 radical (unpaired) electrons. The normalized spacial score (nSPS) is 23.1. The van der Waals surface area contributed by atoms with Gasteiger partial charge >= 0.3 is 0 Å². The molecule has 3 aliphatic rings. The van der Waals surface area contributed by atoms with E-state index in [-0.39, 0.29) is 24.5 Å². The molecule has 2 aromatic carbocycles. The van der Waals surface area contributed by atoms with E-state index in [1.807, 2.05) is 30.3 Å². The molecule has 4 aromatic rings. The zero-order chi connectivity index (χ0) is 24.6. The molecular weight excluding hydrogens is 478 g/mol. The largest absolute Gasteiger partial charge is 0.457 e. The third kappa shape index (κ3) is 4.21. The first-order chi connectivity index (χ1) is 17.6. The number of hydrogen-bond donors (Lipinski definition) is 3. The maximum absolute atomic E-state index is 13.6. The number of anilines is 1. The van der Waals surface area contributed by atoms with Crippen molar-refractivity contribution in [1.82, 2.24) is 19.9 Å². The van der Waals surface area contributed by atoms with Crippen molar-refractivity contribution < 1.29 is 14.6 Å². The highest BCUT2D eigenvalue weighted by molar-refractivity contribution is 6.35. The molecule has 0 aliphatic carbocycles. The van der Waals surface area contributed by atoms with Crippen LogP contribution in [0.2, 0.25) is 5.02 Å². The van der Waals surface area contributed by atoms with Crippen LogP contribution in [0.15, 0.2) is 61.1 Å². The summed E-state index contributed by atoms with van der Waals surface area (Å²) in [5.41, 5.74) is 1.42. The number of rotatable bonds is 7. The lowest BCUT2D eigenvalue weighted by atomic mass is 9.80. The molecule has 3 aliphatic heterocycles. The van der Waals surface area contributed by atoms with E-state index in [4.69, 9.17) is 16.3 Å². The molecule has 3 saturated heterocycles. The minimum Gasteiger partial charge on any atom is -0.457 e. The number of benzene rings is 2. The molecule has 36 heavy (non-hydrogen) atoms. The maximum atomic E-state index is 13.6. The van der Waals surface area contributed by atoms with Crippen molar-refractivity contribution in [1.29, 1.82) is 0 Å². The molecule has 2 aromatic heterocycles. The number of aromatic amines is 1. The third-order valence-electron chi connectivity index (χ3n) is 7.29. The molecule has 4 atom stereocenters. The predicted molar refractivity (Wildman–Crippen MR) is 138 cm³/mol. The van der Waals surface area contributed by atoms with Crippen molar-refractivity contribution >= 4 is 34.2 Å². The van der Waals surface area contributed by atoms with Crippen LogP contribution in [-0.2, 0) is 0 Å². The highest BCUT2D eigenvalue weighted by Gasteiger charge is 2.40. The molecule has 184 valence electrons. The number of nitrogens with zero attached hydrogens (tertiary/aromatic N) is 3. The number of fused-ring (bicyclic) bond motifs is 4. The van der Waals surface area contributed by atoms with Crippen LogP contribution in [-0.4, -0.2) is 62.5 Å². The lowest BCUT2D eigenvalue weighted by molar-refractivity contribution is 0.00981. The van der Waals surface area contributed by atoms with Crippen LogP contribution in [0, 0.1) is 5.92 Å². The quantitative estimate of drug-likeness (QED) is 0.319. The van der Waals surface area contributed by atoms with E-state index in [9.17, 15) is 9.90 Å². The molecule has 0 spiro atoms. The summed E-state index contributed by atoms with van der Waals surface area (Å²) in [5.74, 6) is 2.10. The minimum atomic E-state index is -0.218. The number of ether oxygens (including phenoxy) is 1. The number of aliphatic hydroxyl groups is 1. The number of nitrogens with one attached hydrogen (secondary N) is 2. The van der Waals surface area contributed by atoms with Gasteiger partial charge in [-0.1, -0.05) is 29.8 Å². The number of carbonyl (C=O) groups is 1. The fourth-order valence-corrected chi connectivity index (χ4v) is 5.69. The second-order valence-corrected chi connectivity index (χ2v) is 9.81. The first kappa shape index (κ1) is 23.0. The van der Waals surface area contributed by atoms with Crippen molar-refractivity contribution in [3.63, 3.8) is 0 Å². The van der Waals surface area contributed by atoms with Crippen molar-refractivity contribution in [3.05, 3.63) is 77.2 Å². The van der Waals surface area contributed by atoms with E-state index in [0.29, 0.717) is 50.4 Å². The molecule has 7 rings (SSSR count). The zero-order valence-electron chi connectivity index (χ0n) is 19.5. The van der Waals surface area contributed by atoms with E-state index in [2.05, 4.69) is 25.2 Å². The topological polar surface area (TPSA) is 103 Å². The number of hydrogen-bond acceptors (Lipinski definition) is 7. The van der Waals surface area contributed by atoms with Crippen LogP contribution >= 0.6 is 11.6 Å². The van der Waals surface area contributed by atoms with Gasteiger partial charge in [0.2, 0.25) is 0 Å². The summed E-state index contributed by atoms with van der Waals surface area (Å²) in [7, 11) is 0. The average Bonchev–Trinajstić information content (AvgIpc) is 3.35. The summed E-state index contributed by atoms with van der Waals surface area (Å²) in [4.78, 5) is 27.9. The first-order valence-corrected chi connectivity index (χ1v) is 12.5. The zero-order valence-corrected chi connectivity index (χ0v) is 20.3. The molecule has 5 heterocycles. The van der Waals surface area contributed by atoms with Gasteiger partial charge in [0, 0.05) is 36.5 Å². The third-order valence-corrected chi connectivity index (χ3v) is 7.60. The fraction of sp³-hybridized carbons (Fsp3) is 0.296. The van der Waals surface area contributed by atoms with Gasteiger partial charge in [0.25, 0.3) is 0 Å². The van der Waals surface area contributed by atoms with E-state index in [1.165, 1.54) is 6.33 Å². The van der Waals surface area contributed by atoms with Crippen molar-refractivity contribution in [3.8, 4) is 11.5 Å². The standard InChI is InChI=1S/C27H26ClN5O3/c28-22-11-19(36-18-4-2-1-3-5-18)6-7-20(22)25(35)21-12-29-26-24(21)27(31-15-30-26)32-23-13-33-9-8-16(23)10-17(33)14-34/h1-7,11-12,15-17,23,34H,8-10,13-14H2,(H2,29,30,31,32). The molecule has 9 heteroatoms. The molecule has 2 bridgehead atoms. The summed E-state index contributed by atoms with van der Waals surface area (Å²) in [6.07, 6.45) is 5.19. The van der Waals surface area contributed by atoms with Crippen LogP contribution in [0.5, 0.6) is 11.5 Å². The van der Waals surface area contributed by atoms with Gasteiger partial charge in [-0.25, -0.2) is 9.97 Å². The SMILES string of the molecule is O=C(c1ccc(Oc2ccccc2)cc1Cl)c1c[nH]c2ncnc(NC3CN4CCC3CC4CO)c12. The van der Waals surface area contributed by atoms with Crippen molar-refractivity contribution in [2.24, 2.45) is 5.92 Å². The van der Waals surface area contributed by atoms with E-state index < -0.39 is 0 Å². The Morgan fingerprint density at radius 3 is 2.78 bits per heavy atom. The van der Waals surface area contributed by atoms with Gasteiger partial charge in [0.15, 0.2) is 5.78 Å². The van der Waals surface area contributed by atoms with Gasteiger partial charge in [-0.2, -0.15) is 0 Å². The summed E-state index contributed by atoms with van der Waals surface area (Å²) >= 11 is 6.54. The second-order valence-electron chi connectivity index (χ2n) is 9.40. The number of piperidine rings is 3. The number of aromatic nitrogens is 3. The lowest BCUT2D eigenvalue weighted by Gasteiger charge is -2.49. The Labute approximate surface area is 213 Å². The second kappa shape index (κ2) is 9.54. The molecule has 8 nitrogen and oxygen atoms in total. The summed E-state index contributed by atoms with van der Waals surface area (Å²) in [5, 5.41) is 14.2. The highest BCUT2D eigenvalue weighted by Crippen LogP contribution is 2.36. The van der Waals surface area contributed by atoms with Crippen molar-refractivity contribution in [2.75, 3.05) is 25.0 Å². The first-order valence-electron chi connectivity index (χ1n) is 12.1. The number of carbonyl (C=O) groups excluding carboxylic acids is 1. The molecule has 3 N–H and O–H groups in total. The molecular formula is C27H26ClN5O3. The summed E-state index contributed by atoms with van der Waals surface area (Å²) in [6, 6.07) is 14.9. The Balaban J connectivity index is 1.27. The van der Waals surface area contributed by atoms with Crippen LogP contribution < -0.4 is 10.1 Å². The van der Waals surface area contributed by atoms with Crippen LogP contribution in [0.4, 0.5) is 5.82 Å². The Hall–Kier alpha value is -3.46. The maximum Gasteiger partial charge on any atom is 0.196 e. The van der Waals surface area contributed by atoms with Crippen LogP contribution in [0.25, 0.3) is 11.0 Å². The lowest BCUT2D eigenvalue weighted by Crippen LogP contribution is -2.59. The molecule has 0 saturated carbocycles. The Morgan fingerprint density at radius 2 is 2.03 bits per heavy atom. The number of aliphatic hydroxyl groups excluding tert-OH is 1. The van der Waals surface area contributed by atoms with Gasteiger partial charge in [-0.05, 0) is 49.6 Å². The Kier molecular flexibility index (Phi) is 6.08. The van der Waals surface area contributed by atoms with Crippen LogP contribution in [0.3, 0.4) is 0 Å². The smallest absolute Gasteiger partial charge is 0.196 e. The van der Waals surface area contributed by atoms with Gasteiger partial charge in [-0.3, -0.25) is 9.69 Å². The summed E-state index contributed by atoms with van der Waals surface area (Å²) < 4.78 is 5.85. The number of ketones is 1. The Morgan fingerprint density at radius 1 is 1.17 bits per heavy atom. The minimum absolute atomic E-state index is 0.188. The molecule has 0 amide bonds. The van der Waals surface area contributed by atoms with E-state index in [1.54, 1.807) is 24.4 Å². The highest BCUT2D eigenvalue weighted by atomic mass is 35.5. The van der Waals surface area contributed by atoms with Gasteiger partial charge in [-0.15, -0.1) is 0 Å².